The van der Waals surface area contributed by atoms with Gasteiger partial charge in [0.05, 0.1) is 15.5 Å². The van der Waals surface area contributed by atoms with Gasteiger partial charge in [0.25, 0.3) is 11.6 Å². The van der Waals surface area contributed by atoms with Crippen molar-refractivity contribution in [1.82, 2.24) is 5.32 Å². The maximum absolute atomic E-state index is 12.2. The highest BCUT2D eigenvalue weighted by atomic mass is 32.1. The number of amides is 2. The summed E-state index contributed by atoms with van der Waals surface area (Å²) >= 11 is 1.28. The number of hydrogen-bond donors (Lipinski definition) is 2. The van der Waals surface area contributed by atoms with Crippen LogP contribution in [0, 0.1) is 17.0 Å². The summed E-state index contributed by atoms with van der Waals surface area (Å²) in [5, 5.41) is 17.8. The highest BCUT2D eigenvalue weighted by molar-refractivity contribution is 7.12. The number of carbonyl (C=O) groups is 2. The van der Waals surface area contributed by atoms with Crippen molar-refractivity contribution < 1.29 is 14.5 Å². The van der Waals surface area contributed by atoms with Crippen molar-refractivity contribution in [2.24, 2.45) is 0 Å². The number of non-ortho nitro benzene ring substituents is 1. The molecule has 0 aliphatic carbocycles. The average Bonchev–Trinajstić information content (AvgIpc) is 3.03. The van der Waals surface area contributed by atoms with E-state index in [2.05, 4.69) is 10.6 Å². The van der Waals surface area contributed by atoms with Crippen LogP contribution in [-0.2, 0) is 4.79 Å². The standard InChI is InChI=1S/C15H15N3O4S/c1-9-5-6-11(18(21)22)8-12(9)17-14(19)10(2)16-15(20)13-4-3-7-23-13/h3-8,10H,1-2H3,(H,16,20)(H,17,19). The highest BCUT2D eigenvalue weighted by Gasteiger charge is 2.19. The quantitative estimate of drug-likeness (QED) is 0.649. The van der Waals surface area contributed by atoms with Crippen LogP contribution in [0.25, 0.3) is 0 Å². The van der Waals surface area contributed by atoms with E-state index in [0.717, 1.165) is 0 Å². The van der Waals surface area contributed by atoms with Gasteiger partial charge < -0.3 is 10.6 Å². The van der Waals surface area contributed by atoms with Crippen LogP contribution >= 0.6 is 11.3 Å². The number of nitro groups is 1. The number of rotatable bonds is 5. The summed E-state index contributed by atoms with van der Waals surface area (Å²) in [7, 11) is 0. The van der Waals surface area contributed by atoms with Crippen molar-refractivity contribution in [3.63, 3.8) is 0 Å². The predicted octanol–water partition coefficient (Wildman–Crippen LogP) is 2.72. The molecule has 0 bridgehead atoms. The fourth-order valence-electron chi connectivity index (χ4n) is 1.84. The van der Waals surface area contributed by atoms with Gasteiger partial charge in [-0.3, -0.25) is 19.7 Å². The molecule has 1 aromatic heterocycles. The molecule has 0 aliphatic rings. The van der Waals surface area contributed by atoms with Gasteiger partial charge >= 0.3 is 0 Å². The van der Waals surface area contributed by atoms with Gasteiger partial charge in [-0.05, 0) is 30.9 Å². The van der Waals surface area contributed by atoms with Crippen molar-refractivity contribution >= 4 is 34.5 Å². The van der Waals surface area contributed by atoms with Crippen LogP contribution in [0.2, 0.25) is 0 Å². The minimum Gasteiger partial charge on any atom is -0.340 e. The van der Waals surface area contributed by atoms with E-state index < -0.39 is 16.9 Å². The number of benzene rings is 1. The number of hydrogen-bond acceptors (Lipinski definition) is 5. The number of thiophene rings is 1. The van der Waals surface area contributed by atoms with Gasteiger partial charge in [0.1, 0.15) is 6.04 Å². The summed E-state index contributed by atoms with van der Waals surface area (Å²) in [6, 6.07) is 6.85. The molecule has 0 aliphatic heterocycles. The zero-order valence-corrected chi connectivity index (χ0v) is 13.3. The lowest BCUT2D eigenvalue weighted by molar-refractivity contribution is -0.384. The number of nitro benzene ring substituents is 1. The molecule has 1 heterocycles. The van der Waals surface area contributed by atoms with Crippen molar-refractivity contribution in [3.8, 4) is 0 Å². The molecule has 2 aromatic rings. The average molecular weight is 333 g/mol. The minimum absolute atomic E-state index is 0.110. The predicted molar refractivity (Wildman–Crippen MR) is 87.7 cm³/mol. The van der Waals surface area contributed by atoms with E-state index in [-0.39, 0.29) is 11.6 Å². The molecule has 0 saturated heterocycles. The number of anilines is 1. The Hall–Kier alpha value is -2.74. The zero-order valence-electron chi connectivity index (χ0n) is 12.5. The van der Waals surface area contributed by atoms with Gasteiger partial charge in [-0.1, -0.05) is 12.1 Å². The number of nitrogens with zero attached hydrogens (tertiary/aromatic N) is 1. The van der Waals surface area contributed by atoms with E-state index in [1.807, 2.05) is 0 Å². The van der Waals surface area contributed by atoms with Crippen molar-refractivity contribution in [3.05, 3.63) is 56.3 Å². The van der Waals surface area contributed by atoms with Crippen LogP contribution < -0.4 is 10.6 Å². The summed E-state index contributed by atoms with van der Waals surface area (Å²) in [5.74, 6) is -0.781. The summed E-state index contributed by atoms with van der Waals surface area (Å²) in [4.78, 5) is 34.8. The van der Waals surface area contributed by atoms with E-state index in [0.29, 0.717) is 16.1 Å². The third-order valence-electron chi connectivity index (χ3n) is 3.18. The minimum atomic E-state index is -0.775. The Labute approximate surface area is 136 Å². The molecule has 0 fully saturated rings. The molecule has 23 heavy (non-hydrogen) atoms. The van der Waals surface area contributed by atoms with Crippen LogP contribution in [0.1, 0.15) is 22.2 Å². The number of carbonyl (C=O) groups excluding carboxylic acids is 2. The third-order valence-corrected chi connectivity index (χ3v) is 4.04. The van der Waals surface area contributed by atoms with E-state index in [1.54, 1.807) is 37.4 Å². The summed E-state index contributed by atoms with van der Waals surface area (Å²) in [6.07, 6.45) is 0. The van der Waals surface area contributed by atoms with E-state index in [1.165, 1.54) is 23.5 Å². The van der Waals surface area contributed by atoms with Gasteiger partial charge in [-0.15, -0.1) is 11.3 Å². The lowest BCUT2D eigenvalue weighted by Gasteiger charge is -2.14. The highest BCUT2D eigenvalue weighted by Crippen LogP contribution is 2.22. The summed E-state index contributed by atoms with van der Waals surface area (Å²) < 4.78 is 0. The van der Waals surface area contributed by atoms with Gasteiger partial charge in [-0.2, -0.15) is 0 Å². The molecular formula is C15H15N3O4S. The lowest BCUT2D eigenvalue weighted by Crippen LogP contribution is -2.41. The number of nitrogens with one attached hydrogen (secondary N) is 2. The molecule has 2 amide bonds. The van der Waals surface area contributed by atoms with Crippen LogP contribution in [-0.4, -0.2) is 22.8 Å². The van der Waals surface area contributed by atoms with Crippen molar-refractivity contribution in [2.75, 3.05) is 5.32 Å². The molecule has 8 heteroatoms. The maximum atomic E-state index is 12.2. The molecule has 0 spiro atoms. The molecule has 0 saturated carbocycles. The normalized spacial score (nSPS) is 11.6. The van der Waals surface area contributed by atoms with Gasteiger partial charge in [0.15, 0.2) is 0 Å². The Bertz CT molecular complexity index is 743. The molecular weight excluding hydrogens is 318 g/mol. The molecule has 1 unspecified atom stereocenters. The first-order valence-electron chi connectivity index (χ1n) is 6.78. The topological polar surface area (TPSA) is 101 Å². The summed E-state index contributed by atoms with van der Waals surface area (Å²) in [5.41, 5.74) is 0.934. The first-order chi connectivity index (χ1) is 10.9. The Morgan fingerprint density at radius 2 is 2.04 bits per heavy atom. The van der Waals surface area contributed by atoms with Gasteiger partial charge in [-0.25, -0.2) is 0 Å². The summed E-state index contributed by atoms with van der Waals surface area (Å²) in [6.45, 7) is 3.28. The van der Waals surface area contributed by atoms with Crippen molar-refractivity contribution in [2.45, 2.75) is 19.9 Å². The second kappa shape index (κ2) is 7.01. The third kappa shape index (κ3) is 4.13. The Kier molecular flexibility index (Phi) is 5.07. The molecule has 1 aromatic carbocycles. The number of aryl methyl sites for hydroxylation is 1. The van der Waals surface area contributed by atoms with Gasteiger partial charge in [0, 0.05) is 12.1 Å². The van der Waals surface area contributed by atoms with E-state index in [4.69, 9.17) is 0 Å². The van der Waals surface area contributed by atoms with Crippen LogP contribution in [0.3, 0.4) is 0 Å². The molecule has 7 nitrogen and oxygen atoms in total. The van der Waals surface area contributed by atoms with Crippen LogP contribution in [0.4, 0.5) is 11.4 Å². The monoisotopic (exact) mass is 333 g/mol. The molecule has 120 valence electrons. The molecule has 0 radical (unpaired) electrons. The largest absolute Gasteiger partial charge is 0.340 e. The second-order valence-electron chi connectivity index (χ2n) is 4.92. The first kappa shape index (κ1) is 16.6. The van der Waals surface area contributed by atoms with Crippen LogP contribution in [0.15, 0.2) is 35.7 Å². The Morgan fingerprint density at radius 1 is 1.30 bits per heavy atom. The first-order valence-corrected chi connectivity index (χ1v) is 7.66. The Morgan fingerprint density at radius 3 is 2.65 bits per heavy atom. The van der Waals surface area contributed by atoms with Crippen molar-refractivity contribution in [1.29, 1.82) is 0 Å². The van der Waals surface area contributed by atoms with Gasteiger partial charge in [0.2, 0.25) is 5.91 Å². The fourth-order valence-corrected chi connectivity index (χ4v) is 2.47. The molecule has 2 rings (SSSR count). The maximum Gasteiger partial charge on any atom is 0.271 e. The fraction of sp³-hybridized carbons (Fsp3) is 0.200. The van der Waals surface area contributed by atoms with E-state index >= 15 is 0 Å². The Balaban J connectivity index is 2.05. The lowest BCUT2D eigenvalue weighted by atomic mass is 10.1. The van der Waals surface area contributed by atoms with Crippen LogP contribution in [0.5, 0.6) is 0 Å². The van der Waals surface area contributed by atoms with E-state index in [9.17, 15) is 19.7 Å². The zero-order chi connectivity index (χ0) is 17.0. The SMILES string of the molecule is Cc1ccc([N+](=O)[O-])cc1NC(=O)C(C)NC(=O)c1cccs1. The smallest absolute Gasteiger partial charge is 0.271 e. The molecule has 1 atom stereocenters. The molecule has 2 N–H and O–H groups in total. The second-order valence-corrected chi connectivity index (χ2v) is 5.87.